The molecule has 3 rings (SSSR count). The number of fused-ring (bicyclic) bond motifs is 2. The van der Waals surface area contributed by atoms with Crippen LogP contribution in [0.2, 0.25) is 6.82 Å². The second kappa shape index (κ2) is 5.23. The van der Waals surface area contributed by atoms with E-state index in [1.165, 1.54) is 22.1 Å². The molecule has 0 saturated carbocycles. The van der Waals surface area contributed by atoms with Crippen LogP contribution in [0, 0.1) is 0 Å². The topological polar surface area (TPSA) is 0 Å². The van der Waals surface area contributed by atoms with Crippen molar-refractivity contribution in [1.29, 1.82) is 0 Å². The van der Waals surface area contributed by atoms with Crippen molar-refractivity contribution in [3.63, 3.8) is 0 Å². The van der Waals surface area contributed by atoms with Crippen molar-refractivity contribution in [3.8, 4) is 0 Å². The normalized spacial score (nSPS) is 14.0. The fraction of sp³-hybridized carbons (Fsp3) is 0.143. The Morgan fingerprint density at radius 1 is 0.947 bits per heavy atom. The van der Waals surface area contributed by atoms with Gasteiger partial charge in [-0.1, -0.05) is 0 Å². The first-order valence-corrected chi connectivity index (χ1v) is 17.0. The summed E-state index contributed by atoms with van der Waals surface area (Å²) in [6, 6.07) is 14.7. The molecule has 2 aromatic rings. The molecule has 2 aromatic carbocycles. The second-order valence-corrected chi connectivity index (χ2v) is 22.2. The van der Waals surface area contributed by atoms with Gasteiger partial charge >= 0.3 is 130 Å². The number of benzene rings is 2. The fourth-order valence-corrected chi connectivity index (χ4v) is 8.31. The van der Waals surface area contributed by atoms with Gasteiger partial charge in [0.25, 0.3) is 0 Å². The molecule has 5 heteroatoms. The van der Waals surface area contributed by atoms with Crippen molar-refractivity contribution in [3.05, 3.63) is 53.6 Å². The first-order chi connectivity index (χ1) is 8.98. The third-order valence-corrected chi connectivity index (χ3v) is 10.0. The Balaban J connectivity index is 2.22. The van der Waals surface area contributed by atoms with Crippen LogP contribution in [0.1, 0.15) is 11.1 Å². The van der Waals surface area contributed by atoms with Crippen LogP contribution in [0.5, 0.6) is 0 Å². The Labute approximate surface area is 129 Å². The van der Waals surface area contributed by atoms with Crippen LogP contribution >= 0.6 is 25.5 Å². The van der Waals surface area contributed by atoms with Crippen LogP contribution in [0.4, 0.5) is 0 Å². The third-order valence-electron chi connectivity index (χ3n) is 3.84. The standard InChI is InChI=1S/C14H12B.3ClH.Zr/c1-15-13-8-4-2-6-11(13)10-12-7-3-5-9-14(12)15;;;;/h2-8H,10H2,1H3;3*1H;/q;;;;+3/p-3. The number of hydrogen-bond donors (Lipinski definition) is 0. The second-order valence-electron chi connectivity index (χ2n) is 4.97. The predicted molar refractivity (Wildman–Crippen MR) is 83.8 cm³/mol. The van der Waals surface area contributed by atoms with Crippen LogP contribution < -0.4 is 14.2 Å². The molecule has 0 atom stereocenters. The monoisotopic (exact) mass is 386 g/mol. The number of rotatable bonds is 1. The Morgan fingerprint density at radius 3 is 2.37 bits per heavy atom. The van der Waals surface area contributed by atoms with Gasteiger partial charge in [0, 0.05) is 0 Å². The van der Waals surface area contributed by atoms with Crippen molar-refractivity contribution in [2.75, 3.05) is 0 Å². The molecule has 0 bridgehead atoms. The van der Waals surface area contributed by atoms with Crippen molar-refractivity contribution < 1.29 is 16.7 Å². The SMILES string of the molecule is CB1c2ccccc2Cc2ccc[c]([Zr]([Cl])([Cl])[Cl])c21. The Hall–Kier alpha value is 0.258. The van der Waals surface area contributed by atoms with E-state index in [0.29, 0.717) is 6.71 Å². The molecular weight excluding hydrogens is 377 g/mol. The molecule has 0 saturated heterocycles. The van der Waals surface area contributed by atoms with E-state index in [1.807, 2.05) is 12.1 Å². The number of hydrogen-bond acceptors (Lipinski definition) is 0. The van der Waals surface area contributed by atoms with Crippen molar-refractivity contribution in [2.24, 2.45) is 0 Å². The fourth-order valence-electron chi connectivity index (χ4n) is 3.00. The molecule has 0 aromatic heterocycles. The minimum atomic E-state index is -3.62. The number of halogens is 3. The summed E-state index contributed by atoms with van der Waals surface area (Å²) in [7, 11) is 19.0. The third kappa shape index (κ3) is 2.58. The van der Waals surface area contributed by atoms with Crippen LogP contribution in [-0.4, -0.2) is 6.71 Å². The molecular formula is C14H12BCl3Zr. The molecule has 96 valence electrons. The summed E-state index contributed by atoms with van der Waals surface area (Å²) in [6.45, 7) is 2.52. The van der Waals surface area contributed by atoms with E-state index in [9.17, 15) is 0 Å². The minimum absolute atomic E-state index is 0.309. The van der Waals surface area contributed by atoms with Gasteiger partial charge in [0.15, 0.2) is 0 Å². The van der Waals surface area contributed by atoms with E-state index >= 15 is 0 Å². The van der Waals surface area contributed by atoms with Gasteiger partial charge in [0.05, 0.1) is 0 Å². The van der Waals surface area contributed by atoms with E-state index in [1.54, 1.807) is 0 Å². The molecule has 0 N–H and O–H groups in total. The van der Waals surface area contributed by atoms with E-state index in [4.69, 9.17) is 25.5 Å². The van der Waals surface area contributed by atoms with Crippen molar-refractivity contribution in [1.82, 2.24) is 0 Å². The first kappa shape index (κ1) is 14.2. The Bertz CT molecular complexity index is 637. The van der Waals surface area contributed by atoms with Gasteiger partial charge < -0.3 is 0 Å². The van der Waals surface area contributed by atoms with Gasteiger partial charge in [-0.25, -0.2) is 0 Å². The zero-order valence-corrected chi connectivity index (χ0v) is 15.2. The van der Waals surface area contributed by atoms with E-state index in [2.05, 4.69) is 37.2 Å². The zero-order valence-electron chi connectivity index (χ0n) is 10.5. The average Bonchev–Trinajstić information content (AvgIpc) is 2.37. The zero-order chi connectivity index (χ0) is 13.6. The van der Waals surface area contributed by atoms with Gasteiger partial charge in [0.2, 0.25) is 0 Å². The summed E-state index contributed by atoms with van der Waals surface area (Å²) in [4.78, 5) is 0. The summed E-state index contributed by atoms with van der Waals surface area (Å²) >= 11 is -3.62. The molecule has 0 aliphatic carbocycles. The van der Waals surface area contributed by atoms with E-state index in [0.717, 1.165) is 9.69 Å². The van der Waals surface area contributed by atoms with E-state index in [-0.39, 0.29) is 0 Å². The molecule has 0 spiro atoms. The van der Waals surface area contributed by atoms with Gasteiger partial charge in [-0.05, 0) is 0 Å². The van der Waals surface area contributed by atoms with Crippen LogP contribution in [0.15, 0.2) is 42.5 Å². The van der Waals surface area contributed by atoms with Crippen molar-refractivity contribution in [2.45, 2.75) is 13.2 Å². The van der Waals surface area contributed by atoms with Crippen molar-refractivity contribution >= 4 is 46.4 Å². The summed E-state index contributed by atoms with van der Waals surface area (Å²) in [5.41, 5.74) is 5.32. The maximum atomic E-state index is 6.33. The molecule has 0 nitrogen and oxygen atoms in total. The summed E-state index contributed by atoms with van der Waals surface area (Å²) < 4.78 is 1.01. The van der Waals surface area contributed by atoms with Crippen LogP contribution in [0.25, 0.3) is 0 Å². The molecule has 1 heterocycles. The summed E-state index contributed by atoms with van der Waals surface area (Å²) in [5.74, 6) is 0. The summed E-state index contributed by atoms with van der Waals surface area (Å²) in [6.07, 6.45) is 0.941. The first-order valence-electron chi connectivity index (χ1n) is 6.25. The summed E-state index contributed by atoms with van der Waals surface area (Å²) in [5, 5.41) is 0. The molecule has 0 fully saturated rings. The van der Waals surface area contributed by atoms with Crippen LogP contribution in [-0.2, 0) is 23.1 Å². The Morgan fingerprint density at radius 2 is 1.63 bits per heavy atom. The Kier molecular flexibility index (Phi) is 3.91. The predicted octanol–water partition coefficient (Wildman–Crippen LogP) is 3.07. The van der Waals surface area contributed by atoms with Gasteiger partial charge in [0.1, 0.15) is 0 Å². The van der Waals surface area contributed by atoms with Gasteiger partial charge in [-0.2, -0.15) is 0 Å². The van der Waals surface area contributed by atoms with Gasteiger partial charge in [-0.3, -0.25) is 0 Å². The van der Waals surface area contributed by atoms with Crippen LogP contribution in [0.3, 0.4) is 0 Å². The van der Waals surface area contributed by atoms with Gasteiger partial charge in [-0.15, -0.1) is 0 Å². The molecule has 0 unspecified atom stereocenters. The molecule has 0 radical (unpaired) electrons. The van der Waals surface area contributed by atoms with E-state index < -0.39 is 16.7 Å². The molecule has 0 amide bonds. The molecule has 19 heavy (non-hydrogen) atoms. The molecule has 1 aliphatic heterocycles. The quantitative estimate of drug-likeness (QED) is 0.659. The average molecular weight is 389 g/mol. The maximum absolute atomic E-state index is 6.33. The molecule has 1 aliphatic rings.